The van der Waals surface area contributed by atoms with Crippen LogP contribution in [-0.4, -0.2) is 22.5 Å². The van der Waals surface area contributed by atoms with Crippen LogP contribution < -0.4 is 5.32 Å². The number of carboxylic acids is 1. The minimum Gasteiger partial charge on any atom is -0.479 e. The van der Waals surface area contributed by atoms with Crippen LogP contribution >= 0.6 is 0 Å². The molecular weight excluding hydrogens is 194 g/mol. The normalized spacial score (nSPS) is 35.9. The largest absolute Gasteiger partial charge is 0.479 e. The summed E-state index contributed by atoms with van der Waals surface area (Å²) in [6, 6.07) is 0. The number of hydrogen-bond acceptors (Lipinski definition) is 2. The van der Waals surface area contributed by atoms with Gasteiger partial charge in [-0.1, -0.05) is 20.3 Å². The van der Waals surface area contributed by atoms with Crippen LogP contribution in [0, 0.1) is 11.8 Å². The van der Waals surface area contributed by atoms with Gasteiger partial charge < -0.3 is 10.4 Å². The van der Waals surface area contributed by atoms with E-state index in [9.17, 15) is 14.7 Å². The Morgan fingerprint density at radius 1 is 1.33 bits per heavy atom. The minimum atomic E-state index is -1.05. The third-order valence-corrected chi connectivity index (χ3v) is 3.38. The number of carboxylic acid groups (broad SMARTS) is 1. The van der Waals surface area contributed by atoms with Crippen molar-refractivity contribution < 1.29 is 14.7 Å². The lowest BCUT2D eigenvalue weighted by Gasteiger charge is -2.41. The molecule has 86 valence electrons. The van der Waals surface area contributed by atoms with E-state index in [0.29, 0.717) is 12.3 Å². The lowest BCUT2D eigenvalue weighted by molar-refractivity contribution is -0.152. The van der Waals surface area contributed by atoms with Gasteiger partial charge >= 0.3 is 5.97 Å². The van der Waals surface area contributed by atoms with E-state index in [-0.39, 0.29) is 11.8 Å². The van der Waals surface area contributed by atoms with Crippen LogP contribution in [0.1, 0.15) is 40.0 Å². The van der Waals surface area contributed by atoms with Gasteiger partial charge in [0, 0.05) is 6.92 Å². The molecule has 3 atom stereocenters. The van der Waals surface area contributed by atoms with E-state index in [1.165, 1.54) is 6.92 Å². The summed E-state index contributed by atoms with van der Waals surface area (Å²) in [4.78, 5) is 22.5. The van der Waals surface area contributed by atoms with E-state index in [1.807, 2.05) is 13.8 Å². The third kappa shape index (κ3) is 2.30. The lowest BCUT2D eigenvalue weighted by atomic mass is 9.69. The van der Waals surface area contributed by atoms with Crippen LogP contribution in [0.5, 0.6) is 0 Å². The molecule has 1 rings (SSSR count). The summed E-state index contributed by atoms with van der Waals surface area (Å²) >= 11 is 0. The summed E-state index contributed by atoms with van der Waals surface area (Å²) in [6.45, 7) is 5.30. The first kappa shape index (κ1) is 12.0. The van der Waals surface area contributed by atoms with Gasteiger partial charge in [0.25, 0.3) is 0 Å². The molecule has 1 aliphatic carbocycles. The molecule has 3 unspecified atom stereocenters. The van der Waals surface area contributed by atoms with E-state index >= 15 is 0 Å². The minimum absolute atomic E-state index is 0.00454. The Hall–Kier alpha value is -1.06. The van der Waals surface area contributed by atoms with E-state index in [4.69, 9.17) is 0 Å². The van der Waals surface area contributed by atoms with Crippen molar-refractivity contribution in [1.29, 1.82) is 0 Å². The molecule has 0 radical (unpaired) electrons. The van der Waals surface area contributed by atoms with Crippen LogP contribution in [0.2, 0.25) is 0 Å². The average molecular weight is 213 g/mol. The molecule has 0 heterocycles. The zero-order valence-corrected chi connectivity index (χ0v) is 9.54. The fourth-order valence-electron chi connectivity index (χ4n) is 2.47. The molecule has 1 amide bonds. The molecule has 0 saturated heterocycles. The molecule has 1 aliphatic rings. The number of carbonyl (C=O) groups excluding carboxylic acids is 1. The molecular formula is C11H19NO3. The topological polar surface area (TPSA) is 66.4 Å². The Bertz CT molecular complexity index is 277. The highest BCUT2D eigenvalue weighted by Gasteiger charge is 2.47. The standard InChI is InChI=1S/C11H19NO3/c1-7-4-5-8(2)11(6-7,10(14)15)12-9(3)13/h7-8H,4-6H2,1-3H3,(H,12,13)(H,14,15). The zero-order valence-electron chi connectivity index (χ0n) is 9.54. The van der Waals surface area contributed by atoms with Crippen molar-refractivity contribution >= 4 is 11.9 Å². The quantitative estimate of drug-likeness (QED) is 0.728. The van der Waals surface area contributed by atoms with Gasteiger partial charge in [-0.05, 0) is 24.7 Å². The number of nitrogens with one attached hydrogen (secondary N) is 1. The number of rotatable bonds is 2. The molecule has 0 aromatic rings. The number of hydrogen-bond donors (Lipinski definition) is 2. The monoisotopic (exact) mass is 213 g/mol. The summed E-state index contributed by atoms with van der Waals surface area (Å²) in [5, 5.41) is 11.9. The summed E-state index contributed by atoms with van der Waals surface area (Å²) in [7, 11) is 0. The van der Waals surface area contributed by atoms with Gasteiger partial charge in [-0.15, -0.1) is 0 Å². The first-order valence-corrected chi connectivity index (χ1v) is 5.40. The highest BCUT2D eigenvalue weighted by molar-refractivity contribution is 5.86. The van der Waals surface area contributed by atoms with Gasteiger partial charge in [0.15, 0.2) is 0 Å². The van der Waals surface area contributed by atoms with E-state index in [0.717, 1.165) is 12.8 Å². The van der Waals surface area contributed by atoms with Crippen LogP contribution in [0.25, 0.3) is 0 Å². The highest BCUT2D eigenvalue weighted by Crippen LogP contribution is 2.37. The van der Waals surface area contributed by atoms with Gasteiger partial charge in [-0.25, -0.2) is 4.79 Å². The molecule has 4 nitrogen and oxygen atoms in total. The Morgan fingerprint density at radius 3 is 2.40 bits per heavy atom. The molecule has 4 heteroatoms. The third-order valence-electron chi connectivity index (χ3n) is 3.38. The molecule has 0 aromatic carbocycles. The molecule has 0 spiro atoms. The number of aliphatic carboxylic acids is 1. The molecule has 1 fully saturated rings. The molecule has 2 N–H and O–H groups in total. The van der Waals surface area contributed by atoms with E-state index < -0.39 is 11.5 Å². The van der Waals surface area contributed by atoms with Crippen LogP contribution in [-0.2, 0) is 9.59 Å². The first-order chi connectivity index (χ1) is 6.88. The fourth-order valence-corrected chi connectivity index (χ4v) is 2.47. The summed E-state index contributed by atoms with van der Waals surface area (Å²) < 4.78 is 0. The SMILES string of the molecule is CC(=O)NC1(C(=O)O)CC(C)CCC1C. The molecule has 15 heavy (non-hydrogen) atoms. The van der Waals surface area contributed by atoms with Gasteiger partial charge in [0.05, 0.1) is 0 Å². The van der Waals surface area contributed by atoms with E-state index in [1.54, 1.807) is 0 Å². The second-order valence-electron chi connectivity index (χ2n) is 4.75. The first-order valence-electron chi connectivity index (χ1n) is 5.40. The maximum atomic E-state index is 11.4. The highest BCUT2D eigenvalue weighted by atomic mass is 16.4. The molecule has 0 aromatic heterocycles. The van der Waals surface area contributed by atoms with Crippen molar-refractivity contribution in [3.8, 4) is 0 Å². The molecule has 0 bridgehead atoms. The maximum Gasteiger partial charge on any atom is 0.329 e. The van der Waals surface area contributed by atoms with E-state index in [2.05, 4.69) is 5.32 Å². The van der Waals surface area contributed by atoms with Gasteiger partial charge in [0.1, 0.15) is 5.54 Å². The van der Waals surface area contributed by atoms with Gasteiger partial charge in [-0.3, -0.25) is 4.79 Å². The number of amides is 1. The van der Waals surface area contributed by atoms with Crippen LogP contribution in [0.3, 0.4) is 0 Å². The van der Waals surface area contributed by atoms with Crippen molar-refractivity contribution in [2.75, 3.05) is 0 Å². The van der Waals surface area contributed by atoms with Crippen molar-refractivity contribution in [2.24, 2.45) is 11.8 Å². The lowest BCUT2D eigenvalue weighted by Crippen LogP contribution is -2.60. The fraction of sp³-hybridized carbons (Fsp3) is 0.818. The van der Waals surface area contributed by atoms with Gasteiger partial charge in [0.2, 0.25) is 5.91 Å². The molecule has 1 saturated carbocycles. The Morgan fingerprint density at radius 2 is 1.93 bits per heavy atom. The Balaban J connectivity index is 2.95. The Kier molecular flexibility index (Phi) is 3.37. The number of carbonyl (C=O) groups is 2. The molecule has 0 aliphatic heterocycles. The summed E-state index contributed by atoms with van der Waals surface area (Å²) in [5.74, 6) is -0.825. The second-order valence-corrected chi connectivity index (χ2v) is 4.75. The van der Waals surface area contributed by atoms with Crippen LogP contribution in [0.4, 0.5) is 0 Å². The van der Waals surface area contributed by atoms with Crippen LogP contribution in [0.15, 0.2) is 0 Å². The van der Waals surface area contributed by atoms with Crippen molar-refractivity contribution in [3.05, 3.63) is 0 Å². The predicted molar refractivity (Wildman–Crippen MR) is 56.4 cm³/mol. The van der Waals surface area contributed by atoms with Crippen molar-refractivity contribution in [3.63, 3.8) is 0 Å². The smallest absolute Gasteiger partial charge is 0.329 e. The average Bonchev–Trinajstić information content (AvgIpc) is 2.10. The Labute approximate surface area is 90.0 Å². The van der Waals surface area contributed by atoms with Crippen molar-refractivity contribution in [1.82, 2.24) is 5.32 Å². The van der Waals surface area contributed by atoms with Crippen molar-refractivity contribution in [2.45, 2.75) is 45.6 Å². The maximum absolute atomic E-state index is 11.4. The summed E-state index contributed by atoms with van der Waals surface area (Å²) in [6.07, 6.45) is 2.42. The predicted octanol–water partition coefficient (Wildman–Crippen LogP) is 1.40. The van der Waals surface area contributed by atoms with Gasteiger partial charge in [-0.2, -0.15) is 0 Å². The zero-order chi connectivity index (χ0) is 11.6. The summed E-state index contributed by atoms with van der Waals surface area (Å²) in [5.41, 5.74) is -1.05. The second kappa shape index (κ2) is 4.21.